The van der Waals surface area contributed by atoms with Gasteiger partial charge in [0.2, 0.25) is 23.6 Å². The second-order valence-corrected chi connectivity index (χ2v) is 30.2. The first-order chi connectivity index (χ1) is 44.4. The largest absolute Gasteiger partial charge is 0.473 e. The number of carbonyl (C=O) groups is 12. The van der Waals surface area contributed by atoms with E-state index < -0.39 is 99.0 Å². The van der Waals surface area contributed by atoms with E-state index in [2.05, 4.69) is 31.3 Å². The molecule has 0 aromatic carbocycles. The molecule has 0 aliphatic heterocycles. The van der Waals surface area contributed by atoms with Gasteiger partial charge in [0.25, 0.3) is 10.1 Å². The number of amides is 8. The van der Waals surface area contributed by atoms with Gasteiger partial charge in [-0.05, 0) is 166 Å². The maximum Gasteiger partial charge on any atom is 0.414 e. The lowest BCUT2D eigenvalue weighted by atomic mass is 9.82. The van der Waals surface area contributed by atoms with E-state index in [1.165, 1.54) is 4.90 Å². The molecule has 0 bridgehead atoms. The fourth-order valence-electron chi connectivity index (χ4n) is 10.1. The molecule has 0 radical (unpaired) electrons. The minimum absolute atomic E-state index is 0.0235. The summed E-state index contributed by atoms with van der Waals surface area (Å²) in [6.07, 6.45) is 5.03. The molecule has 36 nitrogen and oxygen atoms in total. The predicted octanol–water partition coefficient (Wildman–Crippen LogP) is 4.06. The topological polar surface area (TPSA) is 528 Å². The summed E-state index contributed by atoms with van der Waals surface area (Å²) < 4.78 is 48.9. The van der Waals surface area contributed by atoms with E-state index in [4.69, 9.17) is 79.7 Å². The number of hydrogen-bond donors (Lipinski definition) is 10. The summed E-state index contributed by atoms with van der Waals surface area (Å²) in [5.74, 6) is -7.77. The first-order valence-corrected chi connectivity index (χ1v) is 33.4. The highest BCUT2D eigenvalue weighted by Gasteiger charge is 2.41. The number of carboxylic acid groups (broad SMARTS) is 4. The fraction of sp³-hybridized carbons (Fsp3) is 0.803. The van der Waals surface area contributed by atoms with Gasteiger partial charge >= 0.3 is 48.3 Å². The SMILES string of the molecule is CN(C)C(=O)[C@H]1CC[C@@H](OS(C)(=O)=O)[C@H](NC(=O)OC(C)(C)C)C1.CN(C)C(=O)[C@H]1CC[C@H](N)[C@H](NC(=O)OC(C)(C)C)C1.CN(C)C(=O)[C@H]1CC[C@H](N)[C@H](NC(=O)OC(C)(C)C)C1.CN(C)C(=O)[C@H]1CC[C@H](N=[N+]=[N-])[C@H](NC(=O)OC(C)(C)C)C1.O=C(O)C(=O)O.O=C(O)C(=O)O. The monoisotopic (exact) mass is 1430 g/mol. The number of alkyl carbamates (subject to hydrolysis) is 4. The van der Waals surface area contributed by atoms with E-state index >= 15 is 0 Å². The number of hydrogen-bond acceptors (Lipinski definition) is 22. The molecule has 0 aromatic heterocycles. The van der Waals surface area contributed by atoms with Gasteiger partial charge in [-0.3, -0.25) is 23.4 Å². The number of rotatable bonds is 11. The Labute approximate surface area is 574 Å². The van der Waals surface area contributed by atoms with E-state index in [9.17, 15) is 46.8 Å². The Balaban J connectivity index is 0. The molecule has 37 heteroatoms. The molecule has 0 heterocycles. The van der Waals surface area contributed by atoms with Crippen LogP contribution in [0.3, 0.4) is 0 Å². The second-order valence-electron chi connectivity index (χ2n) is 28.6. The van der Waals surface area contributed by atoms with Crippen LogP contribution in [0, 0.1) is 23.7 Å². The van der Waals surface area contributed by atoms with Crippen molar-refractivity contribution >= 4 is 82.0 Å². The van der Waals surface area contributed by atoms with Gasteiger partial charge in [0.1, 0.15) is 22.4 Å². The Hall–Kier alpha value is -8.02. The van der Waals surface area contributed by atoms with Crippen LogP contribution in [-0.4, -0.2) is 254 Å². The molecule has 564 valence electrons. The van der Waals surface area contributed by atoms with Gasteiger partial charge in [-0.15, -0.1) is 0 Å². The quantitative estimate of drug-likeness (QED) is 0.0348. The van der Waals surface area contributed by atoms with E-state index in [0.717, 1.165) is 31.9 Å². The summed E-state index contributed by atoms with van der Waals surface area (Å²) >= 11 is 0. The lowest BCUT2D eigenvalue weighted by molar-refractivity contribution is -0.159. The van der Waals surface area contributed by atoms with Crippen molar-refractivity contribution in [3.63, 3.8) is 0 Å². The van der Waals surface area contributed by atoms with Gasteiger partial charge in [-0.2, -0.15) is 8.42 Å². The van der Waals surface area contributed by atoms with Crippen molar-refractivity contribution < 1.29 is 110 Å². The highest BCUT2D eigenvalue weighted by atomic mass is 32.2. The molecular weight excluding hydrogens is 1310 g/mol. The third-order valence-electron chi connectivity index (χ3n) is 14.2. The van der Waals surface area contributed by atoms with Crippen molar-refractivity contribution in [3.05, 3.63) is 10.4 Å². The molecule has 4 saturated carbocycles. The maximum atomic E-state index is 12.2. The van der Waals surface area contributed by atoms with Crippen LogP contribution in [0.4, 0.5) is 19.2 Å². The minimum atomic E-state index is -3.67. The Morgan fingerprint density at radius 2 is 0.653 bits per heavy atom. The van der Waals surface area contributed by atoms with Crippen LogP contribution in [0.5, 0.6) is 0 Å². The molecule has 8 amide bonds. The average molecular weight is 1430 g/mol. The molecule has 4 aliphatic carbocycles. The van der Waals surface area contributed by atoms with Crippen molar-refractivity contribution in [1.29, 1.82) is 0 Å². The van der Waals surface area contributed by atoms with Gasteiger partial charge < -0.3 is 91.7 Å². The van der Waals surface area contributed by atoms with Gasteiger partial charge in [0.15, 0.2) is 0 Å². The van der Waals surface area contributed by atoms with E-state index in [-0.39, 0.29) is 77.5 Å². The van der Waals surface area contributed by atoms with Crippen LogP contribution in [0.2, 0.25) is 0 Å². The molecule has 4 fully saturated rings. The van der Waals surface area contributed by atoms with Gasteiger partial charge in [-0.1, -0.05) is 5.11 Å². The van der Waals surface area contributed by atoms with E-state index in [0.29, 0.717) is 51.4 Å². The number of nitrogens with two attached hydrogens (primary N) is 2. The zero-order valence-electron chi connectivity index (χ0n) is 60.7. The number of aliphatic carboxylic acids is 4. The second kappa shape index (κ2) is 41.4. The molecule has 0 aromatic rings. The van der Waals surface area contributed by atoms with Crippen LogP contribution in [0.25, 0.3) is 10.4 Å². The van der Waals surface area contributed by atoms with E-state index in [1.807, 2.05) is 41.5 Å². The van der Waals surface area contributed by atoms with Crippen LogP contribution in [0.15, 0.2) is 5.11 Å². The van der Waals surface area contributed by atoms with Gasteiger partial charge in [0, 0.05) is 115 Å². The average Bonchev–Trinajstić information content (AvgIpc) is 0.851. The molecule has 4 aliphatic rings. The molecule has 12 N–H and O–H groups in total. The smallest absolute Gasteiger partial charge is 0.414 e. The predicted molar refractivity (Wildman–Crippen MR) is 356 cm³/mol. The minimum Gasteiger partial charge on any atom is -0.473 e. The van der Waals surface area contributed by atoms with Crippen LogP contribution >= 0.6 is 0 Å². The first kappa shape index (κ1) is 92.0. The number of nitrogens with zero attached hydrogens (tertiary/aromatic N) is 7. The molecule has 0 spiro atoms. The Morgan fingerprint density at radius 3 is 0.898 bits per heavy atom. The highest BCUT2D eigenvalue weighted by molar-refractivity contribution is 7.86. The van der Waals surface area contributed by atoms with Crippen molar-refractivity contribution in [2.24, 2.45) is 40.3 Å². The molecule has 12 atom stereocenters. The van der Waals surface area contributed by atoms with Crippen molar-refractivity contribution in [2.45, 2.75) is 231 Å². The standard InChI is InChI=1S/C15H28N2O6S.C14H25N5O3.2C14H27N3O3.2C2H2O4/c1-15(2,3)22-14(19)16-11-9-10(13(18)17(4)5)7-8-12(11)23-24(6,20)21;1-14(2,3)22-13(21)16-11-8-9(12(20)19(4)5)6-7-10(11)17-18-15;2*1-14(2,3)20-13(19)16-11-8-9(6-7-10(11)15)12(18)17(4)5;2*3-1(4)2(5)6/h10-12H,7-9H2,1-6H3,(H,16,19);9-11H,6-8H2,1-5H3,(H,16,21);2*9-11H,6-8,15H2,1-5H3,(H,16,19);2*(H,3,4)(H,5,6)/t10-,11+,12+;3*9-,10-,11+;;/m0000../s1. The van der Waals surface area contributed by atoms with Gasteiger partial charge in [-0.25, -0.2) is 38.4 Å². The maximum absolute atomic E-state index is 12.2. The lowest BCUT2D eigenvalue weighted by Gasteiger charge is -2.36. The molecule has 0 saturated heterocycles. The summed E-state index contributed by atoms with van der Waals surface area (Å²) in [6, 6.07) is -2.06. The Kier molecular flexibility index (Phi) is 38.9. The van der Waals surface area contributed by atoms with Crippen molar-refractivity contribution in [2.75, 3.05) is 62.6 Å². The molecular formula is C61H111N13O23S. The van der Waals surface area contributed by atoms with E-state index in [1.54, 1.807) is 113 Å². The summed E-state index contributed by atoms with van der Waals surface area (Å²) in [5.41, 5.74) is 18.4. The summed E-state index contributed by atoms with van der Waals surface area (Å²) in [5, 5.41) is 44.3. The third-order valence-corrected chi connectivity index (χ3v) is 14.8. The number of carbonyl (C=O) groups excluding carboxylic acids is 8. The summed E-state index contributed by atoms with van der Waals surface area (Å²) in [7, 11) is 10.0. The molecule has 98 heavy (non-hydrogen) atoms. The number of nitrogens with one attached hydrogen (secondary N) is 4. The van der Waals surface area contributed by atoms with Gasteiger partial charge in [0.05, 0.1) is 24.4 Å². The molecule has 0 unspecified atom stereocenters. The fourth-order valence-corrected chi connectivity index (χ4v) is 10.7. The number of azide groups is 1. The first-order valence-electron chi connectivity index (χ1n) is 31.6. The van der Waals surface area contributed by atoms with Crippen molar-refractivity contribution in [3.8, 4) is 0 Å². The van der Waals surface area contributed by atoms with Crippen LogP contribution in [0.1, 0.15) is 160 Å². The number of ether oxygens (including phenoxy) is 4. The molecule has 4 rings (SSSR count). The number of carboxylic acids is 4. The highest BCUT2D eigenvalue weighted by Crippen LogP contribution is 2.32. The van der Waals surface area contributed by atoms with Crippen LogP contribution in [-0.2, 0) is 71.6 Å². The third kappa shape index (κ3) is 40.6. The summed E-state index contributed by atoms with van der Waals surface area (Å²) in [4.78, 5) is 141. The zero-order chi connectivity index (χ0) is 76.9. The van der Waals surface area contributed by atoms with Crippen LogP contribution < -0.4 is 32.7 Å². The lowest BCUT2D eigenvalue weighted by Crippen LogP contribution is -2.53. The summed E-state index contributed by atoms with van der Waals surface area (Å²) in [6.45, 7) is 21.4. The zero-order valence-corrected chi connectivity index (χ0v) is 61.5. The Bertz CT molecular complexity index is 2730. The van der Waals surface area contributed by atoms with Crippen molar-refractivity contribution in [1.82, 2.24) is 40.9 Å². The normalized spacial score (nSPS) is 23.5. The Morgan fingerprint density at radius 1 is 0.418 bits per heavy atom.